The Hall–Kier alpha value is -4.26. The van der Waals surface area contributed by atoms with Gasteiger partial charge in [0.15, 0.2) is 23.1 Å². The first-order valence-electron chi connectivity index (χ1n) is 12.6. The molecular formula is C31H32N2O5. The summed E-state index contributed by atoms with van der Waals surface area (Å²) in [5.74, 6) is 1.52. The molecule has 0 radical (unpaired) electrons. The molecule has 1 aliphatic carbocycles. The number of ether oxygens (including phenoxy) is 3. The van der Waals surface area contributed by atoms with Gasteiger partial charge in [-0.15, -0.1) is 0 Å². The van der Waals surface area contributed by atoms with Crippen molar-refractivity contribution < 1.29 is 23.8 Å². The van der Waals surface area contributed by atoms with Gasteiger partial charge in [0.2, 0.25) is 5.75 Å². The molecule has 38 heavy (non-hydrogen) atoms. The second kappa shape index (κ2) is 9.89. The van der Waals surface area contributed by atoms with Gasteiger partial charge in [-0.25, -0.2) is 0 Å². The summed E-state index contributed by atoms with van der Waals surface area (Å²) in [7, 11) is 4.71. The molecule has 0 unspecified atom stereocenters. The zero-order valence-electron chi connectivity index (χ0n) is 22.3. The van der Waals surface area contributed by atoms with E-state index in [2.05, 4.69) is 24.5 Å². The van der Waals surface area contributed by atoms with Crippen LogP contribution >= 0.6 is 0 Å². The smallest absolute Gasteiger partial charge is 0.203 e. The summed E-state index contributed by atoms with van der Waals surface area (Å²) < 4.78 is 16.7. The number of carbonyl (C=O) groups is 2. The lowest BCUT2D eigenvalue weighted by Gasteiger charge is -2.34. The Kier molecular flexibility index (Phi) is 6.61. The number of ketones is 2. The number of Topliss-reactive ketones (excluding diaryl/α,β-unsaturated/α-hetero) is 1. The zero-order chi connectivity index (χ0) is 27.0. The van der Waals surface area contributed by atoms with E-state index in [9.17, 15) is 9.59 Å². The fourth-order valence-corrected chi connectivity index (χ4v) is 5.36. The van der Waals surface area contributed by atoms with Crippen LogP contribution in [0.5, 0.6) is 17.2 Å². The Balaban J connectivity index is 1.65. The number of fused-ring (bicyclic) bond motifs is 1. The quantitative estimate of drug-likeness (QED) is 0.382. The second-order valence-electron chi connectivity index (χ2n) is 10.4. The van der Waals surface area contributed by atoms with E-state index in [0.29, 0.717) is 46.8 Å². The highest BCUT2D eigenvalue weighted by atomic mass is 16.5. The number of methoxy groups -OCH3 is 3. The van der Waals surface area contributed by atoms with E-state index >= 15 is 0 Å². The van der Waals surface area contributed by atoms with E-state index in [1.54, 1.807) is 21.3 Å². The highest BCUT2D eigenvalue weighted by Gasteiger charge is 2.39. The topological polar surface area (TPSA) is 85.9 Å². The van der Waals surface area contributed by atoms with Crippen molar-refractivity contribution in [2.45, 2.75) is 32.7 Å². The molecule has 1 atom stereocenters. The number of hydrogen-bond acceptors (Lipinski definition) is 7. The van der Waals surface area contributed by atoms with Gasteiger partial charge in [-0.2, -0.15) is 0 Å². The molecule has 7 nitrogen and oxygen atoms in total. The molecule has 0 aromatic heterocycles. The van der Waals surface area contributed by atoms with Crippen molar-refractivity contribution in [2.24, 2.45) is 5.41 Å². The van der Waals surface area contributed by atoms with Crippen molar-refractivity contribution in [1.29, 1.82) is 0 Å². The molecule has 0 saturated heterocycles. The summed E-state index contributed by atoms with van der Waals surface area (Å²) in [5.41, 5.74) is 4.85. The molecule has 5 rings (SSSR count). The molecule has 0 fully saturated rings. The minimum absolute atomic E-state index is 0.0603. The first-order valence-corrected chi connectivity index (χ1v) is 12.6. The third kappa shape index (κ3) is 4.60. The van der Waals surface area contributed by atoms with E-state index in [4.69, 9.17) is 14.2 Å². The molecule has 2 N–H and O–H groups in total. The summed E-state index contributed by atoms with van der Waals surface area (Å²) in [6.45, 7) is 4.19. The Labute approximate surface area is 222 Å². The minimum atomic E-state index is -0.466. The Morgan fingerprint density at radius 3 is 2.16 bits per heavy atom. The number of anilines is 2. The first kappa shape index (κ1) is 25.4. The van der Waals surface area contributed by atoms with E-state index in [0.717, 1.165) is 22.6 Å². The van der Waals surface area contributed by atoms with Crippen LogP contribution in [0.1, 0.15) is 54.2 Å². The third-order valence-corrected chi connectivity index (χ3v) is 7.13. The molecule has 0 amide bonds. The molecule has 0 spiro atoms. The highest BCUT2D eigenvalue weighted by molar-refractivity contribution is 6.10. The van der Waals surface area contributed by atoms with Crippen LogP contribution in [0, 0.1) is 5.41 Å². The molecule has 3 aromatic rings. The third-order valence-electron chi connectivity index (χ3n) is 7.13. The first-order chi connectivity index (χ1) is 18.2. The SMILES string of the molecule is COc1cc([C@@H]2Nc3ccc(C(=O)c4ccccc4)cc3NC3=C2C(=O)CC(C)(C)C3)cc(OC)c1OC. The van der Waals surface area contributed by atoms with Crippen LogP contribution in [0.3, 0.4) is 0 Å². The van der Waals surface area contributed by atoms with Crippen LogP contribution in [-0.2, 0) is 4.79 Å². The number of hydrogen-bond donors (Lipinski definition) is 2. The number of carbonyl (C=O) groups excluding carboxylic acids is 2. The number of rotatable bonds is 6. The normalized spacial score (nSPS) is 17.8. The molecule has 196 valence electrons. The van der Waals surface area contributed by atoms with Crippen LogP contribution in [0.4, 0.5) is 11.4 Å². The fraction of sp³-hybridized carbons (Fsp3) is 0.290. The predicted octanol–water partition coefficient (Wildman–Crippen LogP) is 6.17. The Morgan fingerprint density at radius 1 is 0.842 bits per heavy atom. The monoisotopic (exact) mass is 512 g/mol. The Bertz CT molecular complexity index is 1420. The second-order valence-corrected chi connectivity index (χ2v) is 10.4. The van der Waals surface area contributed by atoms with Crippen LogP contribution < -0.4 is 24.8 Å². The van der Waals surface area contributed by atoms with Gasteiger partial charge in [-0.1, -0.05) is 44.2 Å². The molecular weight excluding hydrogens is 480 g/mol. The lowest BCUT2D eigenvalue weighted by atomic mass is 9.73. The number of benzene rings is 3. The van der Waals surface area contributed by atoms with E-state index in [1.807, 2.05) is 60.7 Å². The van der Waals surface area contributed by atoms with E-state index in [-0.39, 0.29) is 17.0 Å². The maximum Gasteiger partial charge on any atom is 0.203 e. The average molecular weight is 513 g/mol. The largest absolute Gasteiger partial charge is 0.493 e. The molecule has 1 aliphatic heterocycles. The van der Waals surface area contributed by atoms with Gasteiger partial charge in [0.1, 0.15) is 0 Å². The van der Waals surface area contributed by atoms with Crippen LogP contribution in [0.25, 0.3) is 0 Å². The van der Waals surface area contributed by atoms with Crippen molar-refractivity contribution in [2.75, 3.05) is 32.0 Å². The van der Waals surface area contributed by atoms with Crippen LogP contribution in [0.15, 0.2) is 71.9 Å². The van der Waals surface area contributed by atoms with Gasteiger partial charge in [0.25, 0.3) is 0 Å². The molecule has 1 heterocycles. The molecule has 0 saturated carbocycles. The number of allylic oxidation sites excluding steroid dienone is 1. The molecule has 3 aromatic carbocycles. The Morgan fingerprint density at radius 2 is 1.53 bits per heavy atom. The van der Waals surface area contributed by atoms with E-state index in [1.165, 1.54) is 0 Å². The standard InChI is InChI=1S/C31H32N2O5/c1-31(2)16-23-27(24(34)17-31)28(20-14-25(36-3)30(38-5)26(15-20)37-4)33-21-12-11-19(13-22(21)32-23)29(35)18-9-7-6-8-10-18/h6-15,28,32-33H,16-17H2,1-5H3/t28-/m0/s1. The minimum Gasteiger partial charge on any atom is -0.493 e. The van der Waals surface area contributed by atoms with Gasteiger partial charge in [0.05, 0.1) is 38.7 Å². The summed E-state index contributed by atoms with van der Waals surface area (Å²) in [6, 6.07) is 18.0. The van der Waals surface area contributed by atoms with Gasteiger partial charge in [-0.05, 0) is 47.7 Å². The van der Waals surface area contributed by atoms with Gasteiger partial charge in [-0.3, -0.25) is 9.59 Å². The van der Waals surface area contributed by atoms with Crippen molar-refractivity contribution in [3.63, 3.8) is 0 Å². The summed E-state index contributed by atoms with van der Waals surface area (Å²) in [5, 5.41) is 7.10. The summed E-state index contributed by atoms with van der Waals surface area (Å²) in [4.78, 5) is 26.8. The maximum absolute atomic E-state index is 13.6. The molecule has 7 heteroatoms. The maximum atomic E-state index is 13.6. The number of nitrogens with one attached hydrogen (secondary N) is 2. The van der Waals surface area contributed by atoms with Crippen LogP contribution in [-0.4, -0.2) is 32.9 Å². The summed E-state index contributed by atoms with van der Waals surface area (Å²) in [6.07, 6.45) is 1.12. The lowest BCUT2D eigenvalue weighted by Crippen LogP contribution is -2.31. The van der Waals surface area contributed by atoms with Crippen molar-refractivity contribution in [3.05, 3.63) is 88.6 Å². The van der Waals surface area contributed by atoms with Crippen LogP contribution in [0.2, 0.25) is 0 Å². The molecule has 2 aliphatic rings. The highest BCUT2D eigenvalue weighted by Crippen LogP contribution is 2.48. The fourth-order valence-electron chi connectivity index (χ4n) is 5.36. The van der Waals surface area contributed by atoms with Gasteiger partial charge < -0.3 is 24.8 Å². The van der Waals surface area contributed by atoms with Gasteiger partial charge in [0, 0.05) is 28.8 Å². The van der Waals surface area contributed by atoms with Crippen molar-refractivity contribution >= 4 is 22.9 Å². The lowest BCUT2D eigenvalue weighted by molar-refractivity contribution is -0.118. The summed E-state index contributed by atoms with van der Waals surface area (Å²) >= 11 is 0. The van der Waals surface area contributed by atoms with E-state index < -0.39 is 6.04 Å². The van der Waals surface area contributed by atoms with Crippen molar-refractivity contribution in [1.82, 2.24) is 0 Å². The zero-order valence-corrected chi connectivity index (χ0v) is 22.3. The average Bonchev–Trinajstić information content (AvgIpc) is 3.07. The predicted molar refractivity (Wildman–Crippen MR) is 147 cm³/mol. The molecule has 0 bridgehead atoms. The van der Waals surface area contributed by atoms with Crippen molar-refractivity contribution in [3.8, 4) is 17.2 Å². The van der Waals surface area contributed by atoms with Gasteiger partial charge >= 0.3 is 0 Å².